The fourth-order valence-corrected chi connectivity index (χ4v) is 2.04. The molecule has 2 heteroatoms. The van der Waals surface area contributed by atoms with Crippen molar-refractivity contribution in [3.63, 3.8) is 0 Å². The van der Waals surface area contributed by atoms with Crippen molar-refractivity contribution in [3.05, 3.63) is 47.1 Å². The van der Waals surface area contributed by atoms with Gasteiger partial charge in [0.05, 0.1) is 18.4 Å². The van der Waals surface area contributed by atoms with E-state index in [0.717, 1.165) is 5.71 Å². The number of nitrogens with zero attached hydrogens (tertiary/aromatic N) is 1. The third-order valence-electron chi connectivity index (χ3n) is 2.44. The molecule has 0 unspecified atom stereocenters. The first kappa shape index (κ1) is 17.6. The van der Waals surface area contributed by atoms with Crippen molar-refractivity contribution < 1.29 is 4.39 Å². The fourth-order valence-electron chi connectivity index (χ4n) is 2.04. The Morgan fingerprint density at radius 1 is 1.26 bits per heavy atom. The summed E-state index contributed by atoms with van der Waals surface area (Å²) >= 11 is 0. The molecular weight excluding hydrogens is 237 g/mol. The first-order chi connectivity index (χ1) is 8.84. The molecule has 0 aromatic carbocycles. The molecule has 0 N–H and O–H groups in total. The Morgan fingerprint density at radius 3 is 2.32 bits per heavy atom. The standard InChI is InChI=1S/C16H23N.CH3F/c1-7-8-15-14(9-12(2)3)10-13(4)11-16(5,6)17-15;1-2/h7-11H,1-6H3;1H3/b8-7-;. The summed E-state index contributed by atoms with van der Waals surface area (Å²) in [5.41, 5.74) is 4.69. The van der Waals surface area contributed by atoms with Crippen LogP contribution in [0.4, 0.5) is 4.39 Å². The van der Waals surface area contributed by atoms with Crippen LogP contribution in [0.25, 0.3) is 0 Å². The highest BCUT2D eigenvalue weighted by Gasteiger charge is 2.17. The molecule has 106 valence electrons. The van der Waals surface area contributed by atoms with E-state index in [-0.39, 0.29) is 5.54 Å². The molecule has 1 aliphatic heterocycles. The van der Waals surface area contributed by atoms with E-state index >= 15 is 0 Å². The van der Waals surface area contributed by atoms with E-state index in [9.17, 15) is 4.39 Å². The van der Waals surface area contributed by atoms with Crippen molar-refractivity contribution in [2.24, 2.45) is 4.99 Å². The van der Waals surface area contributed by atoms with Crippen LogP contribution >= 0.6 is 0 Å². The molecule has 0 aromatic heterocycles. The molecule has 0 amide bonds. The summed E-state index contributed by atoms with van der Waals surface area (Å²) in [6.07, 6.45) is 10.7. The monoisotopic (exact) mass is 263 g/mol. The largest absolute Gasteiger partial charge is 0.275 e. The van der Waals surface area contributed by atoms with E-state index < -0.39 is 0 Å². The van der Waals surface area contributed by atoms with E-state index in [0.29, 0.717) is 7.18 Å². The molecule has 0 saturated heterocycles. The Balaban J connectivity index is 0.00000154. The SMILES string of the molecule is C/C=C\C1=NC(C)(C)C=C(C)C=C1C=C(C)C.CF. The van der Waals surface area contributed by atoms with E-state index in [1.165, 1.54) is 16.7 Å². The van der Waals surface area contributed by atoms with Crippen molar-refractivity contribution in [1.82, 2.24) is 0 Å². The maximum atomic E-state index is 9.50. The van der Waals surface area contributed by atoms with Gasteiger partial charge in [-0.3, -0.25) is 9.38 Å². The molecule has 0 saturated carbocycles. The quantitative estimate of drug-likeness (QED) is 0.647. The Labute approximate surface area is 117 Å². The van der Waals surface area contributed by atoms with Gasteiger partial charge in [-0.25, -0.2) is 0 Å². The summed E-state index contributed by atoms with van der Waals surface area (Å²) in [7, 11) is 0.500. The zero-order valence-corrected chi connectivity index (χ0v) is 13.2. The van der Waals surface area contributed by atoms with Crippen LogP contribution in [0, 0.1) is 0 Å². The van der Waals surface area contributed by atoms with Gasteiger partial charge >= 0.3 is 0 Å². The minimum Gasteiger partial charge on any atom is -0.275 e. The maximum Gasteiger partial charge on any atom is 0.0785 e. The van der Waals surface area contributed by atoms with Gasteiger partial charge in [-0.15, -0.1) is 0 Å². The number of hydrogen-bond acceptors (Lipinski definition) is 1. The molecule has 1 nitrogen and oxygen atoms in total. The minimum atomic E-state index is -0.132. The lowest BCUT2D eigenvalue weighted by Crippen LogP contribution is -2.15. The Kier molecular flexibility index (Phi) is 7.28. The van der Waals surface area contributed by atoms with Crippen LogP contribution in [0.1, 0.15) is 41.5 Å². The van der Waals surface area contributed by atoms with Gasteiger partial charge in [0.15, 0.2) is 0 Å². The molecule has 0 spiro atoms. The van der Waals surface area contributed by atoms with Crippen LogP contribution in [0.2, 0.25) is 0 Å². The number of rotatable bonds is 2. The average molecular weight is 263 g/mol. The number of aliphatic imine (C=N–C) groups is 1. The van der Waals surface area contributed by atoms with Gasteiger partial charge in [-0.2, -0.15) is 0 Å². The predicted octanol–water partition coefficient (Wildman–Crippen LogP) is 5.22. The lowest BCUT2D eigenvalue weighted by Gasteiger charge is -2.15. The van der Waals surface area contributed by atoms with Crippen LogP contribution in [0.15, 0.2) is 52.1 Å². The van der Waals surface area contributed by atoms with Gasteiger partial charge in [-0.05, 0) is 53.2 Å². The first-order valence-electron chi connectivity index (χ1n) is 6.51. The zero-order chi connectivity index (χ0) is 15.1. The number of halogens is 1. The second-order valence-electron chi connectivity index (χ2n) is 5.36. The summed E-state index contributed by atoms with van der Waals surface area (Å²) in [4.78, 5) is 4.82. The molecule has 19 heavy (non-hydrogen) atoms. The summed E-state index contributed by atoms with van der Waals surface area (Å²) in [6, 6.07) is 0. The summed E-state index contributed by atoms with van der Waals surface area (Å²) < 4.78 is 9.50. The summed E-state index contributed by atoms with van der Waals surface area (Å²) in [5, 5.41) is 0. The summed E-state index contributed by atoms with van der Waals surface area (Å²) in [5.74, 6) is 0. The van der Waals surface area contributed by atoms with Crippen molar-refractivity contribution in [1.29, 1.82) is 0 Å². The molecule has 1 heterocycles. The zero-order valence-electron chi connectivity index (χ0n) is 13.2. The van der Waals surface area contributed by atoms with E-state index in [4.69, 9.17) is 4.99 Å². The first-order valence-corrected chi connectivity index (χ1v) is 6.51. The lowest BCUT2D eigenvalue weighted by molar-refractivity contribution is 0.636. The Morgan fingerprint density at radius 2 is 1.84 bits per heavy atom. The average Bonchev–Trinajstić information content (AvgIpc) is 2.37. The number of hydrogen-bond donors (Lipinski definition) is 0. The van der Waals surface area contributed by atoms with Crippen LogP contribution in [0.5, 0.6) is 0 Å². The highest BCUT2D eigenvalue weighted by atomic mass is 19.1. The smallest absolute Gasteiger partial charge is 0.0785 e. The normalized spacial score (nSPS) is 17.6. The molecule has 0 radical (unpaired) electrons. The van der Waals surface area contributed by atoms with Crippen LogP contribution in [0.3, 0.4) is 0 Å². The summed E-state index contributed by atoms with van der Waals surface area (Å²) in [6.45, 7) is 12.7. The molecule has 0 atom stereocenters. The van der Waals surface area contributed by atoms with Gasteiger partial charge in [0, 0.05) is 0 Å². The third kappa shape index (κ3) is 6.32. The lowest BCUT2D eigenvalue weighted by atomic mass is 10.0. The van der Waals surface area contributed by atoms with Crippen molar-refractivity contribution in [2.75, 3.05) is 7.18 Å². The van der Waals surface area contributed by atoms with Gasteiger partial charge in [0.1, 0.15) is 0 Å². The molecule has 1 aliphatic rings. The Bertz CT molecular complexity index is 442. The van der Waals surface area contributed by atoms with Gasteiger partial charge < -0.3 is 0 Å². The van der Waals surface area contributed by atoms with Gasteiger partial charge in [-0.1, -0.05) is 35.5 Å². The van der Waals surface area contributed by atoms with Gasteiger partial charge in [0.2, 0.25) is 0 Å². The highest BCUT2D eigenvalue weighted by molar-refractivity contribution is 6.11. The van der Waals surface area contributed by atoms with Crippen LogP contribution in [-0.4, -0.2) is 18.4 Å². The van der Waals surface area contributed by atoms with E-state index in [1.54, 1.807) is 0 Å². The van der Waals surface area contributed by atoms with E-state index in [2.05, 4.69) is 58.9 Å². The minimum absolute atomic E-state index is 0.132. The molecule has 1 rings (SSSR count). The molecule has 0 aliphatic carbocycles. The predicted molar refractivity (Wildman–Crippen MR) is 84.6 cm³/mol. The fraction of sp³-hybridized carbons (Fsp3) is 0.471. The van der Waals surface area contributed by atoms with Crippen LogP contribution < -0.4 is 0 Å². The molecular formula is C17H26FN. The van der Waals surface area contributed by atoms with Gasteiger partial charge in [0.25, 0.3) is 0 Å². The highest BCUT2D eigenvalue weighted by Crippen LogP contribution is 2.22. The van der Waals surface area contributed by atoms with Crippen molar-refractivity contribution in [2.45, 2.75) is 47.1 Å². The topological polar surface area (TPSA) is 12.4 Å². The van der Waals surface area contributed by atoms with Crippen LogP contribution in [-0.2, 0) is 0 Å². The number of alkyl halides is 1. The van der Waals surface area contributed by atoms with Crippen molar-refractivity contribution in [3.8, 4) is 0 Å². The van der Waals surface area contributed by atoms with Crippen molar-refractivity contribution >= 4 is 5.71 Å². The maximum absolute atomic E-state index is 9.50. The molecule has 0 aromatic rings. The second kappa shape index (κ2) is 7.88. The molecule has 0 fully saturated rings. The number of allylic oxidation sites excluding steroid dienone is 7. The third-order valence-corrected chi connectivity index (χ3v) is 2.44. The molecule has 0 bridgehead atoms. The second-order valence-corrected chi connectivity index (χ2v) is 5.36. The Hall–Kier alpha value is -1.44. The van der Waals surface area contributed by atoms with E-state index in [1.807, 2.05) is 13.0 Å².